The predicted octanol–water partition coefficient (Wildman–Crippen LogP) is 3.03. The second kappa shape index (κ2) is 5.54. The Balaban J connectivity index is 1.59. The van der Waals surface area contributed by atoms with Crippen molar-refractivity contribution in [1.29, 1.82) is 0 Å². The van der Waals surface area contributed by atoms with E-state index in [-0.39, 0.29) is 0 Å². The zero-order chi connectivity index (χ0) is 12.4. The first-order valence-electron chi connectivity index (χ1n) is 6.97. The van der Waals surface area contributed by atoms with E-state index >= 15 is 0 Å². The van der Waals surface area contributed by atoms with Crippen molar-refractivity contribution < 1.29 is 0 Å². The summed E-state index contributed by atoms with van der Waals surface area (Å²) < 4.78 is 0. The van der Waals surface area contributed by atoms with Crippen LogP contribution in [0.25, 0.3) is 0 Å². The van der Waals surface area contributed by atoms with E-state index < -0.39 is 0 Å². The summed E-state index contributed by atoms with van der Waals surface area (Å²) in [6, 6.07) is 7.42. The quantitative estimate of drug-likeness (QED) is 0.872. The Morgan fingerprint density at radius 2 is 2.33 bits per heavy atom. The second-order valence-corrected chi connectivity index (χ2v) is 6.51. The topological polar surface area (TPSA) is 24.1 Å². The third-order valence-electron chi connectivity index (χ3n) is 4.23. The number of anilines is 1. The van der Waals surface area contributed by atoms with Gasteiger partial charge in [0, 0.05) is 30.1 Å². The van der Waals surface area contributed by atoms with Gasteiger partial charge in [-0.3, -0.25) is 0 Å². The predicted molar refractivity (Wildman–Crippen MR) is 80.4 cm³/mol. The highest BCUT2D eigenvalue weighted by molar-refractivity contribution is 7.99. The fourth-order valence-corrected chi connectivity index (χ4v) is 3.95. The summed E-state index contributed by atoms with van der Waals surface area (Å²) >= 11 is 2.03. The van der Waals surface area contributed by atoms with E-state index in [0.717, 1.165) is 24.4 Å². The van der Waals surface area contributed by atoms with Crippen molar-refractivity contribution in [2.75, 3.05) is 18.1 Å². The van der Waals surface area contributed by atoms with Gasteiger partial charge in [0.1, 0.15) is 0 Å². The second-order valence-electron chi connectivity index (χ2n) is 5.38. The van der Waals surface area contributed by atoms with Crippen LogP contribution in [-0.4, -0.2) is 24.1 Å². The Kier molecular flexibility index (Phi) is 3.80. The standard InChI is InChI=1S/C15H22N2S/c1-18-14-6-5-13(9-14)17-10-12-4-2-3-11-7-8-16-15(11)12/h2-4,13-14,16-17H,5-10H2,1H3. The number of thioether (sulfide) groups is 1. The summed E-state index contributed by atoms with van der Waals surface area (Å²) in [5, 5.41) is 8.14. The van der Waals surface area contributed by atoms with Gasteiger partial charge in [0.2, 0.25) is 0 Å². The minimum atomic E-state index is 0.722. The fourth-order valence-electron chi connectivity index (χ4n) is 3.15. The van der Waals surface area contributed by atoms with E-state index in [2.05, 4.69) is 35.1 Å². The molecule has 0 amide bonds. The molecule has 3 heteroatoms. The normalized spacial score (nSPS) is 26.1. The fraction of sp³-hybridized carbons (Fsp3) is 0.600. The molecule has 2 nitrogen and oxygen atoms in total. The molecule has 2 unspecified atom stereocenters. The molecule has 0 saturated heterocycles. The van der Waals surface area contributed by atoms with Crippen LogP contribution in [-0.2, 0) is 13.0 Å². The molecule has 0 aromatic heterocycles. The zero-order valence-electron chi connectivity index (χ0n) is 11.0. The maximum absolute atomic E-state index is 3.74. The molecule has 1 heterocycles. The number of benzene rings is 1. The van der Waals surface area contributed by atoms with Gasteiger partial charge < -0.3 is 10.6 Å². The van der Waals surface area contributed by atoms with Crippen molar-refractivity contribution >= 4 is 17.4 Å². The van der Waals surface area contributed by atoms with E-state index in [1.807, 2.05) is 11.8 Å². The average Bonchev–Trinajstić information content (AvgIpc) is 3.05. The molecule has 1 fully saturated rings. The maximum Gasteiger partial charge on any atom is 0.0419 e. The Morgan fingerprint density at radius 1 is 1.39 bits per heavy atom. The van der Waals surface area contributed by atoms with Gasteiger partial charge in [0.15, 0.2) is 0 Å². The maximum atomic E-state index is 3.74. The molecule has 3 rings (SSSR count). The van der Waals surface area contributed by atoms with E-state index in [1.54, 1.807) is 0 Å². The molecule has 2 aliphatic rings. The van der Waals surface area contributed by atoms with Crippen LogP contribution in [0.2, 0.25) is 0 Å². The van der Waals surface area contributed by atoms with Gasteiger partial charge in [-0.25, -0.2) is 0 Å². The van der Waals surface area contributed by atoms with E-state index in [1.165, 1.54) is 42.5 Å². The molecule has 1 aromatic rings. The Hall–Kier alpha value is -0.670. The zero-order valence-corrected chi connectivity index (χ0v) is 11.9. The van der Waals surface area contributed by atoms with Crippen LogP contribution in [0.15, 0.2) is 18.2 Å². The first-order chi connectivity index (χ1) is 8.86. The minimum Gasteiger partial charge on any atom is -0.384 e. The highest BCUT2D eigenvalue weighted by Crippen LogP contribution is 2.30. The Morgan fingerprint density at radius 3 is 3.17 bits per heavy atom. The number of rotatable bonds is 4. The summed E-state index contributed by atoms with van der Waals surface area (Å²) in [4.78, 5) is 0. The number of fused-ring (bicyclic) bond motifs is 1. The van der Waals surface area contributed by atoms with Gasteiger partial charge >= 0.3 is 0 Å². The van der Waals surface area contributed by atoms with Crippen LogP contribution in [0.4, 0.5) is 5.69 Å². The van der Waals surface area contributed by atoms with Crippen molar-refractivity contribution in [3.8, 4) is 0 Å². The Labute approximate surface area is 114 Å². The molecule has 98 valence electrons. The van der Waals surface area contributed by atoms with E-state index in [0.29, 0.717) is 0 Å². The third-order valence-corrected chi connectivity index (χ3v) is 5.33. The van der Waals surface area contributed by atoms with E-state index in [9.17, 15) is 0 Å². The largest absolute Gasteiger partial charge is 0.384 e. The number of para-hydroxylation sites is 1. The lowest BCUT2D eigenvalue weighted by molar-refractivity contribution is 0.525. The average molecular weight is 262 g/mol. The summed E-state index contributed by atoms with van der Waals surface area (Å²) in [5.74, 6) is 0. The molecule has 0 bridgehead atoms. The molecule has 0 radical (unpaired) electrons. The highest BCUT2D eigenvalue weighted by Gasteiger charge is 2.23. The number of hydrogen-bond donors (Lipinski definition) is 2. The van der Waals surface area contributed by atoms with Crippen LogP contribution in [0, 0.1) is 0 Å². The SMILES string of the molecule is CSC1CCC(NCc2cccc3c2NCC3)C1. The van der Waals surface area contributed by atoms with Crippen LogP contribution in [0.5, 0.6) is 0 Å². The van der Waals surface area contributed by atoms with Crippen LogP contribution in [0.1, 0.15) is 30.4 Å². The van der Waals surface area contributed by atoms with Crippen LogP contribution >= 0.6 is 11.8 Å². The van der Waals surface area contributed by atoms with Gasteiger partial charge in [0.05, 0.1) is 0 Å². The highest BCUT2D eigenvalue weighted by atomic mass is 32.2. The summed E-state index contributed by atoms with van der Waals surface area (Å²) in [5.41, 5.74) is 4.32. The molecule has 1 aromatic carbocycles. The molecule has 1 aliphatic carbocycles. The van der Waals surface area contributed by atoms with Crippen molar-refractivity contribution in [3.05, 3.63) is 29.3 Å². The van der Waals surface area contributed by atoms with Crippen molar-refractivity contribution in [2.24, 2.45) is 0 Å². The summed E-state index contributed by atoms with van der Waals surface area (Å²) in [7, 11) is 0. The van der Waals surface area contributed by atoms with Crippen molar-refractivity contribution in [2.45, 2.75) is 43.5 Å². The van der Waals surface area contributed by atoms with Crippen molar-refractivity contribution in [3.63, 3.8) is 0 Å². The molecule has 1 aliphatic heterocycles. The van der Waals surface area contributed by atoms with Gasteiger partial charge in [-0.1, -0.05) is 18.2 Å². The van der Waals surface area contributed by atoms with Crippen LogP contribution in [0.3, 0.4) is 0 Å². The Bertz CT molecular complexity index is 419. The first-order valence-corrected chi connectivity index (χ1v) is 8.26. The summed E-state index contributed by atoms with van der Waals surface area (Å²) in [6.07, 6.45) is 7.48. The van der Waals surface area contributed by atoms with E-state index in [4.69, 9.17) is 0 Å². The lowest BCUT2D eigenvalue weighted by Gasteiger charge is -2.15. The first kappa shape index (κ1) is 12.4. The molecule has 1 saturated carbocycles. The van der Waals surface area contributed by atoms with Gasteiger partial charge in [0.25, 0.3) is 0 Å². The monoisotopic (exact) mass is 262 g/mol. The smallest absolute Gasteiger partial charge is 0.0419 e. The minimum absolute atomic E-state index is 0.722. The molecule has 18 heavy (non-hydrogen) atoms. The van der Waals surface area contributed by atoms with Gasteiger partial charge in [-0.05, 0) is 43.1 Å². The van der Waals surface area contributed by atoms with Gasteiger partial charge in [-0.15, -0.1) is 0 Å². The lowest BCUT2D eigenvalue weighted by atomic mass is 10.1. The molecular formula is C15H22N2S. The molecular weight excluding hydrogens is 240 g/mol. The third kappa shape index (κ3) is 2.52. The molecule has 0 spiro atoms. The molecule has 2 atom stereocenters. The number of hydrogen-bond acceptors (Lipinski definition) is 3. The lowest BCUT2D eigenvalue weighted by Crippen LogP contribution is -2.26. The van der Waals surface area contributed by atoms with Crippen molar-refractivity contribution in [1.82, 2.24) is 5.32 Å². The molecule has 2 N–H and O–H groups in total. The van der Waals surface area contributed by atoms with Gasteiger partial charge in [-0.2, -0.15) is 11.8 Å². The number of nitrogens with one attached hydrogen (secondary N) is 2. The van der Waals surface area contributed by atoms with Crippen LogP contribution < -0.4 is 10.6 Å². The summed E-state index contributed by atoms with van der Waals surface area (Å²) in [6.45, 7) is 2.12.